The van der Waals surface area contributed by atoms with Crippen LogP contribution >= 0.6 is 11.6 Å². The lowest BCUT2D eigenvalue weighted by Crippen LogP contribution is -2.44. The number of likely N-dealkylation sites (N-methyl/N-ethyl adjacent to an activating group) is 1. The molecule has 2 N–H and O–H groups in total. The zero-order valence-corrected chi connectivity index (χ0v) is 10.9. The van der Waals surface area contributed by atoms with E-state index in [1.165, 1.54) is 11.9 Å². The fourth-order valence-electron chi connectivity index (χ4n) is 2.07. The average Bonchev–Trinajstić information content (AvgIpc) is 2.78. The standard InChI is InChI=1S/C12H13ClF2N2O2/c1-17(10-4-16-5-11(10)18)12(19)6-2-9(15)7(13)3-8(6)14/h2-3,10-11,16,18H,4-5H2,1H3/t10-,11-/m1/s1. The maximum absolute atomic E-state index is 13.6. The van der Waals surface area contributed by atoms with Crippen molar-refractivity contribution in [2.45, 2.75) is 12.1 Å². The number of rotatable bonds is 2. The molecule has 1 heterocycles. The molecule has 1 amide bonds. The van der Waals surface area contributed by atoms with Crippen molar-refractivity contribution in [3.63, 3.8) is 0 Å². The van der Waals surface area contributed by atoms with E-state index in [0.29, 0.717) is 13.1 Å². The highest BCUT2D eigenvalue weighted by atomic mass is 35.5. The van der Waals surface area contributed by atoms with Gasteiger partial charge < -0.3 is 15.3 Å². The van der Waals surface area contributed by atoms with Crippen molar-refractivity contribution < 1.29 is 18.7 Å². The summed E-state index contributed by atoms with van der Waals surface area (Å²) in [6.45, 7) is 0.765. The Morgan fingerprint density at radius 3 is 2.68 bits per heavy atom. The lowest BCUT2D eigenvalue weighted by Gasteiger charge is -2.26. The van der Waals surface area contributed by atoms with E-state index in [4.69, 9.17) is 11.6 Å². The van der Waals surface area contributed by atoms with E-state index in [1.807, 2.05) is 0 Å². The lowest BCUT2D eigenvalue weighted by molar-refractivity contribution is 0.0576. The van der Waals surface area contributed by atoms with Crippen molar-refractivity contribution in [1.29, 1.82) is 0 Å². The Morgan fingerprint density at radius 2 is 2.11 bits per heavy atom. The minimum atomic E-state index is -0.885. The van der Waals surface area contributed by atoms with E-state index in [0.717, 1.165) is 12.1 Å². The second-order valence-electron chi connectivity index (χ2n) is 4.46. The van der Waals surface area contributed by atoms with Crippen LogP contribution in [0.15, 0.2) is 12.1 Å². The van der Waals surface area contributed by atoms with Gasteiger partial charge in [-0.05, 0) is 12.1 Å². The Morgan fingerprint density at radius 1 is 1.42 bits per heavy atom. The van der Waals surface area contributed by atoms with E-state index in [-0.39, 0.29) is 5.02 Å². The topological polar surface area (TPSA) is 52.6 Å². The molecule has 0 aromatic heterocycles. The summed E-state index contributed by atoms with van der Waals surface area (Å²) in [5.74, 6) is -2.44. The monoisotopic (exact) mass is 290 g/mol. The Hall–Kier alpha value is -1.24. The smallest absolute Gasteiger partial charge is 0.257 e. The van der Waals surface area contributed by atoms with E-state index in [9.17, 15) is 18.7 Å². The summed E-state index contributed by atoms with van der Waals surface area (Å²) in [6, 6.07) is 1.07. The Kier molecular flexibility index (Phi) is 4.03. The molecule has 0 radical (unpaired) electrons. The summed E-state index contributed by atoms with van der Waals surface area (Å²) in [6.07, 6.45) is -0.728. The van der Waals surface area contributed by atoms with Crippen LogP contribution in [0, 0.1) is 11.6 Å². The summed E-state index contributed by atoms with van der Waals surface area (Å²) in [4.78, 5) is 13.3. The van der Waals surface area contributed by atoms with Crippen molar-refractivity contribution in [3.05, 3.63) is 34.4 Å². The van der Waals surface area contributed by atoms with Gasteiger partial charge in [-0.2, -0.15) is 0 Å². The van der Waals surface area contributed by atoms with E-state index < -0.39 is 35.3 Å². The molecule has 2 atom stereocenters. The van der Waals surface area contributed by atoms with Crippen molar-refractivity contribution >= 4 is 17.5 Å². The summed E-state index contributed by atoms with van der Waals surface area (Å²) in [7, 11) is 1.44. The second-order valence-corrected chi connectivity index (χ2v) is 4.86. The summed E-state index contributed by atoms with van der Waals surface area (Å²) in [5.41, 5.74) is -0.400. The van der Waals surface area contributed by atoms with Gasteiger partial charge in [0, 0.05) is 20.1 Å². The number of amides is 1. The first-order chi connectivity index (χ1) is 8.91. The lowest BCUT2D eigenvalue weighted by atomic mass is 10.1. The number of carbonyl (C=O) groups is 1. The van der Waals surface area contributed by atoms with Gasteiger partial charge in [-0.25, -0.2) is 8.78 Å². The van der Waals surface area contributed by atoms with Crippen molar-refractivity contribution in [1.82, 2.24) is 10.2 Å². The zero-order chi connectivity index (χ0) is 14.2. The molecule has 1 fully saturated rings. The molecule has 2 rings (SSSR count). The van der Waals surface area contributed by atoms with Gasteiger partial charge in [0.2, 0.25) is 0 Å². The number of carbonyl (C=O) groups excluding carboxylic acids is 1. The Labute approximate surface area is 114 Å². The maximum Gasteiger partial charge on any atom is 0.257 e. The van der Waals surface area contributed by atoms with Crippen LogP contribution in [0.2, 0.25) is 5.02 Å². The molecule has 104 valence electrons. The maximum atomic E-state index is 13.6. The minimum Gasteiger partial charge on any atom is -0.390 e. The molecule has 0 saturated carbocycles. The number of β-amino-alcohol motifs (C(OH)–C–C–N with tert-alkyl or cyclic N) is 1. The number of nitrogens with zero attached hydrogens (tertiary/aromatic N) is 1. The van der Waals surface area contributed by atoms with Gasteiger partial charge in [-0.15, -0.1) is 0 Å². The molecule has 1 saturated heterocycles. The van der Waals surface area contributed by atoms with Gasteiger partial charge in [0.25, 0.3) is 5.91 Å². The first-order valence-corrected chi connectivity index (χ1v) is 6.10. The SMILES string of the molecule is CN(C(=O)c1cc(F)c(Cl)cc1F)[C@@H]1CNC[C@H]1O. The number of halogens is 3. The Balaban J connectivity index is 2.26. The van der Waals surface area contributed by atoms with E-state index >= 15 is 0 Å². The largest absolute Gasteiger partial charge is 0.390 e. The molecule has 1 aliphatic rings. The molecule has 1 aromatic rings. The van der Waals surface area contributed by atoms with Gasteiger partial charge in [-0.3, -0.25) is 4.79 Å². The fourth-order valence-corrected chi connectivity index (χ4v) is 2.22. The van der Waals surface area contributed by atoms with Crippen molar-refractivity contribution in [3.8, 4) is 0 Å². The first kappa shape index (κ1) is 14.2. The number of aliphatic hydroxyl groups excluding tert-OH is 1. The number of hydrogen-bond acceptors (Lipinski definition) is 3. The van der Waals surface area contributed by atoms with Crippen LogP contribution in [-0.2, 0) is 0 Å². The van der Waals surface area contributed by atoms with Gasteiger partial charge in [0.1, 0.15) is 11.6 Å². The predicted molar refractivity (Wildman–Crippen MR) is 66.1 cm³/mol. The van der Waals surface area contributed by atoms with Gasteiger partial charge in [0.15, 0.2) is 0 Å². The fraction of sp³-hybridized carbons (Fsp3) is 0.417. The van der Waals surface area contributed by atoms with Crippen LogP contribution in [0.4, 0.5) is 8.78 Å². The quantitative estimate of drug-likeness (QED) is 0.800. The molecule has 19 heavy (non-hydrogen) atoms. The third-order valence-corrected chi connectivity index (χ3v) is 3.50. The van der Waals surface area contributed by atoms with Crippen LogP contribution in [0.25, 0.3) is 0 Å². The molecule has 1 aliphatic heterocycles. The summed E-state index contributed by atoms with van der Waals surface area (Å²) in [5, 5.41) is 12.2. The first-order valence-electron chi connectivity index (χ1n) is 5.72. The van der Waals surface area contributed by atoms with Crippen LogP contribution in [0.5, 0.6) is 0 Å². The molecule has 4 nitrogen and oxygen atoms in total. The molecule has 0 spiro atoms. The van der Waals surface area contributed by atoms with Crippen LogP contribution in [0.3, 0.4) is 0 Å². The molecule has 0 unspecified atom stereocenters. The van der Waals surface area contributed by atoms with Crippen molar-refractivity contribution in [2.75, 3.05) is 20.1 Å². The van der Waals surface area contributed by atoms with E-state index in [1.54, 1.807) is 0 Å². The third kappa shape index (κ3) is 2.70. The van der Waals surface area contributed by atoms with Gasteiger partial charge in [-0.1, -0.05) is 11.6 Å². The van der Waals surface area contributed by atoms with Crippen LogP contribution in [-0.4, -0.2) is 48.2 Å². The molecule has 0 aliphatic carbocycles. The Bertz CT molecular complexity index is 513. The molecular formula is C12H13ClF2N2O2. The second kappa shape index (κ2) is 5.40. The van der Waals surface area contributed by atoms with E-state index in [2.05, 4.69) is 5.32 Å². The third-order valence-electron chi connectivity index (χ3n) is 3.21. The number of hydrogen-bond donors (Lipinski definition) is 2. The molecule has 0 bridgehead atoms. The van der Waals surface area contributed by atoms with Crippen molar-refractivity contribution in [2.24, 2.45) is 0 Å². The number of nitrogens with one attached hydrogen (secondary N) is 1. The highest BCUT2D eigenvalue weighted by Gasteiger charge is 2.32. The van der Waals surface area contributed by atoms with Gasteiger partial charge in [0.05, 0.1) is 22.7 Å². The summed E-state index contributed by atoms with van der Waals surface area (Å²) < 4.78 is 27.0. The zero-order valence-electron chi connectivity index (χ0n) is 10.2. The number of aliphatic hydroxyl groups is 1. The normalized spacial score (nSPS) is 22.6. The van der Waals surface area contributed by atoms with Gasteiger partial charge >= 0.3 is 0 Å². The summed E-state index contributed by atoms with van der Waals surface area (Å²) >= 11 is 5.43. The molecular weight excluding hydrogens is 278 g/mol. The highest BCUT2D eigenvalue weighted by Crippen LogP contribution is 2.21. The van der Waals surface area contributed by atoms with Crippen LogP contribution < -0.4 is 5.32 Å². The van der Waals surface area contributed by atoms with Crippen LogP contribution in [0.1, 0.15) is 10.4 Å². The minimum absolute atomic E-state index is 0.361. The number of benzene rings is 1. The molecule has 1 aromatic carbocycles. The average molecular weight is 291 g/mol. The molecule has 7 heteroatoms. The predicted octanol–water partition coefficient (Wildman–Crippen LogP) is 1.02. The highest BCUT2D eigenvalue weighted by molar-refractivity contribution is 6.30.